The molecule has 1 aromatic carbocycles. The van der Waals surface area contributed by atoms with Gasteiger partial charge >= 0.3 is 0 Å². The number of aryl methyl sites for hydroxylation is 1. The van der Waals surface area contributed by atoms with Crippen molar-refractivity contribution < 1.29 is 14.3 Å². The lowest BCUT2D eigenvalue weighted by Gasteiger charge is -2.38. The van der Waals surface area contributed by atoms with Gasteiger partial charge in [-0.15, -0.1) is 0 Å². The van der Waals surface area contributed by atoms with Crippen molar-refractivity contribution in [3.8, 4) is 5.75 Å². The minimum absolute atomic E-state index is 0.0742. The van der Waals surface area contributed by atoms with Crippen molar-refractivity contribution in [1.29, 1.82) is 0 Å². The summed E-state index contributed by atoms with van der Waals surface area (Å²) < 4.78 is 11.0. The molecule has 0 aromatic heterocycles. The number of hydrogen-bond donors (Lipinski definition) is 1. The Morgan fingerprint density at radius 1 is 1.45 bits per heavy atom. The fourth-order valence-electron chi connectivity index (χ4n) is 2.89. The largest absolute Gasteiger partial charge is 0.493 e. The minimum Gasteiger partial charge on any atom is -0.493 e. The first-order chi connectivity index (χ1) is 10.6. The Bertz CT molecular complexity index is 493. The first kappa shape index (κ1) is 16.8. The topological polar surface area (TPSA) is 64.8 Å². The van der Waals surface area contributed by atoms with Crippen LogP contribution in [0.1, 0.15) is 24.8 Å². The number of likely N-dealkylation sites (tertiary alicyclic amines) is 1. The molecule has 5 heteroatoms. The highest BCUT2D eigenvalue weighted by atomic mass is 16.5. The van der Waals surface area contributed by atoms with Crippen LogP contribution in [0.2, 0.25) is 0 Å². The molecular weight excluding hydrogens is 280 g/mol. The van der Waals surface area contributed by atoms with Crippen LogP contribution in [0.5, 0.6) is 5.75 Å². The van der Waals surface area contributed by atoms with E-state index in [1.807, 2.05) is 36.1 Å². The molecule has 2 N–H and O–H groups in total. The van der Waals surface area contributed by atoms with Crippen LogP contribution in [-0.4, -0.2) is 49.8 Å². The van der Waals surface area contributed by atoms with Crippen LogP contribution in [0, 0.1) is 6.92 Å². The zero-order chi connectivity index (χ0) is 15.9. The number of methoxy groups -OCH3 is 1. The van der Waals surface area contributed by atoms with E-state index < -0.39 is 0 Å². The Kier molecular flexibility index (Phi) is 6.21. The number of benzene rings is 1. The van der Waals surface area contributed by atoms with Gasteiger partial charge in [0.05, 0.1) is 19.1 Å². The number of piperidine rings is 1. The van der Waals surface area contributed by atoms with Gasteiger partial charge in [0, 0.05) is 26.2 Å². The normalized spacial score (nSPS) is 21.7. The van der Waals surface area contributed by atoms with Crippen molar-refractivity contribution in [2.24, 2.45) is 5.73 Å². The molecule has 1 fully saturated rings. The molecule has 1 aliphatic heterocycles. The van der Waals surface area contributed by atoms with Gasteiger partial charge in [-0.05, 0) is 37.5 Å². The Morgan fingerprint density at radius 2 is 2.27 bits per heavy atom. The summed E-state index contributed by atoms with van der Waals surface area (Å²) in [7, 11) is 1.71. The Balaban J connectivity index is 1.81. The fraction of sp³-hybridized carbons (Fsp3) is 0.588. The molecule has 1 heterocycles. The van der Waals surface area contributed by atoms with Crippen molar-refractivity contribution in [1.82, 2.24) is 4.90 Å². The van der Waals surface area contributed by atoms with Crippen molar-refractivity contribution in [2.75, 3.05) is 26.8 Å². The molecule has 0 radical (unpaired) electrons. The highest BCUT2D eigenvalue weighted by Crippen LogP contribution is 2.20. The van der Waals surface area contributed by atoms with Crippen molar-refractivity contribution >= 4 is 5.91 Å². The number of amides is 1. The highest BCUT2D eigenvalue weighted by Gasteiger charge is 2.30. The standard InChI is InChI=1S/C17H26N2O3/c1-13-4-3-5-16(10-13)22-9-7-17(20)19-8-6-15(21-2)11-14(19)12-18/h3-5,10,14-15H,6-9,11-12,18H2,1-2H3. The van der Waals surface area contributed by atoms with Crippen molar-refractivity contribution in [3.05, 3.63) is 29.8 Å². The molecule has 1 aliphatic rings. The molecule has 2 atom stereocenters. The maximum Gasteiger partial charge on any atom is 0.226 e. The molecule has 1 saturated heterocycles. The predicted octanol–water partition coefficient (Wildman–Crippen LogP) is 1.73. The van der Waals surface area contributed by atoms with Crippen LogP contribution in [0.4, 0.5) is 0 Å². The Hall–Kier alpha value is -1.59. The minimum atomic E-state index is 0.0742. The van der Waals surface area contributed by atoms with Gasteiger partial charge in [-0.3, -0.25) is 4.79 Å². The number of nitrogens with zero attached hydrogens (tertiary/aromatic N) is 1. The molecule has 0 spiro atoms. The molecule has 0 saturated carbocycles. The number of carbonyl (C=O) groups is 1. The lowest BCUT2D eigenvalue weighted by atomic mass is 9.99. The molecular formula is C17H26N2O3. The molecule has 0 bridgehead atoms. The monoisotopic (exact) mass is 306 g/mol. The van der Waals surface area contributed by atoms with E-state index in [9.17, 15) is 4.79 Å². The number of nitrogens with two attached hydrogens (primary N) is 1. The third-order valence-electron chi connectivity index (χ3n) is 4.17. The van der Waals surface area contributed by atoms with E-state index in [4.69, 9.17) is 15.2 Å². The molecule has 22 heavy (non-hydrogen) atoms. The highest BCUT2D eigenvalue weighted by molar-refractivity contribution is 5.76. The van der Waals surface area contributed by atoms with Crippen LogP contribution in [0.15, 0.2) is 24.3 Å². The SMILES string of the molecule is COC1CCN(C(=O)CCOc2cccc(C)c2)C(CN)C1. The van der Waals surface area contributed by atoms with E-state index >= 15 is 0 Å². The van der Waals surface area contributed by atoms with Gasteiger partial charge in [0.1, 0.15) is 5.75 Å². The number of ether oxygens (including phenoxy) is 2. The van der Waals surface area contributed by atoms with E-state index in [2.05, 4.69) is 0 Å². The maximum atomic E-state index is 12.4. The molecule has 122 valence electrons. The summed E-state index contributed by atoms with van der Waals surface area (Å²) >= 11 is 0. The van der Waals surface area contributed by atoms with Crippen molar-refractivity contribution in [3.63, 3.8) is 0 Å². The van der Waals surface area contributed by atoms with E-state index in [1.165, 1.54) is 0 Å². The van der Waals surface area contributed by atoms with Gasteiger partial charge in [0.2, 0.25) is 5.91 Å². The van der Waals surface area contributed by atoms with Gasteiger partial charge in [-0.2, -0.15) is 0 Å². The second kappa shape index (κ2) is 8.15. The molecule has 1 amide bonds. The van der Waals surface area contributed by atoms with Crippen LogP contribution < -0.4 is 10.5 Å². The fourth-order valence-corrected chi connectivity index (χ4v) is 2.89. The predicted molar refractivity (Wildman–Crippen MR) is 85.9 cm³/mol. The molecule has 1 aromatic rings. The third kappa shape index (κ3) is 4.45. The third-order valence-corrected chi connectivity index (χ3v) is 4.17. The van der Waals surface area contributed by atoms with Crippen LogP contribution in [0.25, 0.3) is 0 Å². The van der Waals surface area contributed by atoms with Crippen molar-refractivity contribution in [2.45, 2.75) is 38.3 Å². The van der Waals surface area contributed by atoms with E-state index in [0.29, 0.717) is 26.1 Å². The van der Waals surface area contributed by atoms with Gasteiger partial charge in [0.25, 0.3) is 0 Å². The molecule has 5 nitrogen and oxygen atoms in total. The number of carbonyl (C=O) groups excluding carboxylic acids is 1. The van der Waals surface area contributed by atoms with Gasteiger partial charge in [-0.25, -0.2) is 0 Å². The van der Waals surface area contributed by atoms with Crippen LogP contribution in [0.3, 0.4) is 0 Å². The van der Waals surface area contributed by atoms with E-state index in [-0.39, 0.29) is 18.1 Å². The summed E-state index contributed by atoms with van der Waals surface area (Å²) in [5.41, 5.74) is 6.95. The Morgan fingerprint density at radius 3 is 2.95 bits per heavy atom. The van der Waals surface area contributed by atoms with Crippen LogP contribution >= 0.6 is 0 Å². The zero-order valence-electron chi connectivity index (χ0n) is 13.5. The summed E-state index contributed by atoms with van der Waals surface area (Å²) in [6, 6.07) is 7.92. The van der Waals surface area contributed by atoms with E-state index in [1.54, 1.807) is 7.11 Å². The average Bonchev–Trinajstić information content (AvgIpc) is 2.54. The van der Waals surface area contributed by atoms with Gasteiger partial charge < -0.3 is 20.1 Å². The first-order valence-electron chi connectivity index (χ1n) is 7.86. The lowest BCUT2D eigenvalue weighted by molar-refractivity contribution is -0.137. The summed E-state index contributed by atoms with van der Waals surface area (Å²) in [5, 5.41) is 0. The summed E-state index contributed by atoms with van der Waals surface area (Å²) in [4.78, 5) is 14.3. The summed E-state index contributed by atoms with van der Waals surface area (Å²) in [5.74, 6) is 0.916. The first-order valence-corrected chi connectivity index (χ1v) is 7.86. The number of rotatable bonds is 6. The molecule has 0 aliphatic carbocycles. The summed E-state index contributed by atoms with van der Waals surface area (Å²) in [6.07, 6.45) is 2.28. The zero-order valence-corrected chi connectivity index (χ0v) is 13.5. The Labute approximate surface area is 132 Å². The molecule has 2 unspecified atom stereocenters. The smallest absolute Gasteiger partial charge is 0.226 e. The maximum absolute atomic E-state index is 12.4. The second-order valence-corrected chi connectivity index (χ2v) is 5.77. The van der Waals surface area contributed by atoms with Crippen LogP contribution in [-0.2, 0) is 9.53 Å². The quantitative estimate of drug-likeness (QED) is 0.869. The molecule has 2 rings (SSSR count). The van der Waals surface area contributed by atoms with Gasteiger partial charge in [-0.1, -0.05) is 12.1 Å². The van der Waals surface area contributed by atoms with Gasteiger partial charge in [0.15, 0.2) is 0 Å². The van der Waals surface area contributed by atoms with E-state index in [0.717, 1.165) is 24.2 Å². The average molecular weight is 306 g/mol. The summed E-state index contributed by atoms with van der Waals surface area (Å²) in [6.45, 7) is 3.60. The number of hydrogen-bond acceptors (Lipinski definition) is 4. The second-order valence-electron chi connectivity index (χ2n) is 5.77. The lowest BCUT2D eigenvalue weighted by Crippen LogP contribution is -2.51.